The van der Waals surface area contributed by atoms with Gasteiger partial charge in [-0.15, -0.1) is 0 Å². The van der Waals surface area contributed by atoms with Crippen molar-refractivity contribution in [2.45, 2.75) is 57.5 Å². The van der Waals surface area contributed by atoms with Gasteiger partial charge in [0, 0.05) is 18.1 Å². The minimum absolute atomic E-state index is 0.198. The van der Waals surface area contributed by atoms with Gasteiger partial charge < -0.3 is 4.74 Å². The van der Waals surface area contributed by atoms with Gasteiger partial charge in [0.15, 0.2) is 0 Å². The molecule has 1 saturated heterocycles. The van der Waals surface area contributed by atoms with Crippen LogP contribution in [-0.4, -0.2) is 41.4 Å². The van der Waals surface area contributed by atoms with Crippen LogP contribution in [0.4, 0.5) is 4.79 Å². The Balaban J connectivity index is 1.71. The first-order valence-corrected chi connectivity index (χ1v) is 12.3. The van der Waals surface area contributed by atoms with E-state index < -0.39 is 27.6 Å². The van der Waals surface area contributed by atoms with Crippen molar-refractivity contribution >= 4 is 32.9 Å². The van der Waals surface area contributed by atoms with Gasteiger partial charge in [-0.1, -0.05) is 29.8 Å². The van der Waals surface area contributed by atoms with Crippen LogP contribution in [0.2, 0.25) is 0 Å². The minimum atomic E-state index is -3.81. The van der Waals surface area contributed by atoms with Crippen molar-refractivity contribution < 1.29 is 22.7 Å². The second kappa shape index (κ2) is 8.02. The Labute approximate surface area is 194 Å². The van der Waals surface area contributed by atoms with E-state index in [-0.39, 0.29) is 17.3 Å². The highest BCUT2D eigenvalue weighted by molar-refractivity contribution is 7.90. The van der Waals surface area contributed by atoms with E-state index in [1.807, 2.05) is 26.0 Å². The van der Waals surface area contributed by atoms with Crippen molar-refractivity contribution in [3.8, 4) is 0 Å². The average molecular weight is 469 g/mol. The molecule has 1 aliphatic rings. The minimum Gasteiger partial charge on any atom is -0.443 e. The molecule has 4 rings (SSSR count). The SMILES string of the molecule is Cc1ccc(S(=O)(=O)n2cc(C)c3ccc(C4CCN(C(=O)OC(C)(C)C)C4=O)cc32)cc1. The normalized spacial score (nSPS) is 17.1. The van der Waals surface area contributed by atoms with E-state index in [4.69, 9.17) is 4.74 Å². The van der Waals surface area contributed by atoms with Gasteiger partial charge in [0.05, 0.1) is 16.3 Å². The van der Waals surface area contributed by atoms with Crippen molar-refractivity contribution in [3.63, 3.8) is 0 Å². The molecule has 0 bridgehead atoms. The van der Waals surface area contributed by atoms with Crippen LogP contribution in [-0.2, 0) is 19.6 Å². The maximum atomic E-state index is 13.4. The van der Waals surface area contributed by atoms with E-state index in [1.54, 1.807) is 57.3 Å². The number of benzene rings is 2. The number of nitrogens with zero attached hydrogens (tertiary/aromatic N) is 2. The molecule has 2 heterocycles. The lowest BCUT2D eigenvalue weighted by Gasteiger charge is -2.23. The summed E-state index contributed by atoms with van der Waals surface area (Å²) in [6.07, 6.45) is 1.40. The number of likely N-dealkylation sites (tertiary alicyclic amines) is 1. The predicted molar refractivity (Wildman–Crippen MR) is 126 cm³/mol. The Morgan fingerprint density at radius 3 is 2.36 bits per heavy atom. The predicted octanol–water partition coefficient (Wildman–Crippen LogP) is 4.75. The summed E-state index contributed by atoms with van der Waals surface area (Å²) < 4.78 is 33.4. The first kappa shape index (κ1) is 23.0. The molecule has 33 heavy (non-hydrogen) atoms. The number of hydrogen-bond acceptors (Lipinski definition) is 5. The monoisotopic (exact) mass is 468 g/mol. The topological polar surface area (TPSA) is 85.7 Å². The Kier molecular flexibility index (Phi) is 5.60. The first-order chi connectivity index (χ1) is 15.4. The van der Waals surface area contributed by atoms with Gasteiger partial charge in [-0.3, -0.25) is 4.79 Å². The second-order valence-corrected chi connectivity index (χ2v) is 11.3. The molecule has 174 valence electrons. The molecule has 0 radical (unpaired) electrons. The number of fused-ring (bicyclic) bond motifs is 1. The molecule has 1 aliphatic heterocycles. The summed E-state index contributed by atoms with van der Waals surface area (Å²) in [5.74, 6) is -0.868. The van der Waals surface area contributed by atoms with Crippen LogP contribution in [0.5, 0.6) is 0 Å². The molecular formula is C25H28N2O5S. The van der Waals surface area contributed by atoms with Gasteiger partial charge in [-0.2, -0.15) is 0 Å². The lowest BCUT2D eigenvalue weighted by atomic mass is 9.96. The summed E-state index contributed by atoms with van der Waals surface area (Å²) >= 11 is 0. The molecule has 3 aromatic rings. The molecule has 1 atom stereocenters. The maximum absolute atomic E-state index is 13.4. The lowest BCUT2D eigenvalue weighted by molar-refractivity contribution is -0.128. The molecule has 0 N–H and O–H groups in total. The van der Waals surface area contributed by atoms with Crippen LogP contribution in [0, 0.1) is 13.8 Å². The fourth-order valence-electron chi connectivity index (χ4n) is 4.11. The highest BCUT2D eigenvalue weighted by Gasteiger charge is 2.39. The first-order valence-electron chi connectivity index (χ1n) is 10.9. The van der Waals surface area contributed by atoms with E-state index in [0.29, 0.717) is 17.5 Å². The van der Waals surface area contributed by atoms with Crippen molar-refractivity contribution in [3.05, 3.63) is 65.4 Å². The highest BCUT2D eigenvalue weighted by Crippen LogP contribution is 2.34. The third-order valence-electron chi connectivity index (χ3n) is 5.79. The van der Waals surface area contributed by atoms with Gasteiger partial charge in [0.2, 0.25) is 5.91 Å². The van der Waals surface area contributed by atoms with Crippen molar-refractivity contribution in [2.75, 3.05) is 6.54 Å². The van der Waals surface area contributed by atoms with Crippen molar-refractivity contribution in [1.82, 2.24) is 8.87 Å². The zero-order valence-corrected chi connectivity index (χ0v) is 20.3. The summed E-state index contributed by atoms with van der Waals surface area (Å²) in [5.41, 5.74) is 2.28. The number of aryl methyl sites for hydroxylation is 2. The summed E-state index contributed by atoms with van der Waals surface area (Å²) in [7, 11) is -3.81. The Bertz CT molecular complexity index is 1350. The Morgan fingerprint density at radius 1 is 1.06 bits per heavy atom. The fraction of sp³-hybridized carbons (Fsp3) is 0.360. The van der Waals surface area contributed by atoms with E-state index in [9.17, 15) is 18.0 Å². The quantitative estimate of drug-likeness (QED) is 0.554. The van der Waals surface area contributed by atoms with Crippen LogP contribution in [0.25, 0.3) is 10.9 Å². The molecule has 8 heteroatoms. The number of aromatic nitrogens is 1. The number of amides is 2. The molecular weight excluding hydrogens is 440 g/mol. The number of carbonyl (C=O) groups excluding carboxylic acids is 2. The van der Waals surface area contributed by atoms with Gasteiger partial charge in [0.1, 0.15) is 5.60 Å². The molecule has 2 amide bonds. The largest absolute Gasteiger partial charge is 0.443 e. The van der Waals surface area contributed by atoms with Gasteiger partial charge >= 0.3 is 6.09 Å². The molecule has 1 fully saturated rings. The molecule has 1 aromatic heterocycles. The molecule has 2 aromatic carbocycles. The van der Waals surface area contributed by atoms with E-state index >= 15 is 0 Å². The zero-order chi connectivity index (χ0) is 24.1. The summed E-state index contributed by atoms with van der Waals surface area (Å²) in [4.78, 5) is 26.8. The Hall–Kier alpha value is -3.13. The molecule has 0 saturated carbocycles. The number of rotatable bonds is 3. The standard InChI is InChI=1S/C25H28N2O5S/c1-16-6-9-19(10-7-16)33(30,31)27-15-17(2)20-11-8-18(14-22(20)27)21-12-13-26(23(21)28)24(29)32-25(3,4)5/h6-11,14-15,21H,12-13H2,1-5H3. The third-order valence-corrected chi connectivity index (χ3v) is 7.48. The van der Waals surface area contributed by atoms with Crippen molar-refractivity contribution in [1.29, 1.82) is 0 Å². The maximum Gasteiger partial charge on any atom is 0.417 e. The number of hydrogen-bond donors (Lipinski definition) is 0. The molecule has 0 aliphatic carbocycles. The van der Waals surface area contributed by atoms with Crippen LogP contribution < -0.4 is 0 Å². The van der Waals surface area contributed by atoms with Crippen LogP contribution in [0.1, 0.15) is 49.8 Å². The zero-order valence-electron chi connectivity index (χ0n) is 19.5. The number of ether oxygens (including phenoxy) is 1. The average Bonchev–Trinajstić information content (AvgIpc) is 3.27. The van der Waals surface area contributed by atoms with Crippen LogP contribution in [0.3, 0.4) is 0 Å². The van der Waals surface area contributed by atoms with Crippen molar-refractivity contribution in [2.24, 2.45) is 0 Å². The fourth-order valence-corrected chi connectivity index (χ4v) is 5.52. The molecule has 7 nitrogen and oxygen atoms in total. The highest BCUT2D eigenvalue weighted by atomic mass is 32.2. The number of imide groups is 1. The number of carbonyl (C=O) groups is 2. The van der Waals surface area contributed by atoms with E-state index in [1.165, 1.54) is 3.97 Å². The van der Waals surface area contributed by atoms with E-state index in [2.05, 4.69) is 0 Å². The molecule has 1 unspecified atom stereocenters. The summed E-state index contributed by atoms with van der Waals surface area (Å²) in [6, 6.07) is 12.1. The Morgan fingerprint density at radius 2 is 1.73 bits per heavy atom. The lowest BCUT2D eigenvalue weighted by Crippen LogP contribution is -2.38. The van der Waals surface area contributed by atoms with Gasteiger partial charge in [0.25, 0.3) is 10.0 Å². The van der Waals surface area contributed by atoms with Gasteiger partial charge in [-0.25, -0.2) is 22.1 Å². The smallest absolute Gasteiger partial charge is 0.417 e. The van der Waals surface area contributed by atoms with E-state index in [0.717, 1.165) is 21.4 Å². The summed E-state index contributed by atoms with van der Waals surface area (Å²) in [6.45, 7) is 9.27. The van der Waals surface area contributed by atoms with Crippen LogP contribution >= 0.6 is 0 Å². The van der Waals surface area contributed by atoms with Gasteiger partial charge in [-0.05, 0) is 70.4 Å². The summed E-state index contributed by atoms with van der Waals surface area (Å²) in [5, 5.41) is 0.795. The second-order valence-electron chi connectivity index (χ2n) is 9.51. The molecule has 0 spiro atoms. The van der Waals surface area contributed by atoms with Crippen LogP contribution in [0.15, 0.2) is 53.6 Å². The third kappa shape index (κ3) is 4.27.